The van der Waals surface area contributed by atoms with Crippen molar-refractivity contribution >= 4 is 23.2 Å². The van der Waals surface area contributed by atoms with Gasteiger partial charge in [-0.05, 0) is 68.3 Å². The number of hydrogen-bond donors (Lipinski definition) is 1. The number of carbonyl (C=O) groups excluding carboxylic acids is 1. The van der Waals surface area contributed by atoms with E-state index in [2.05, 4.69) is 5.32 Å². The molecule has 2 atom stereocenters. The van der Waals surface area contributed by atoms with E-state index < -0.39 is 6.10 Å². The lowest BCUT2D eigenvalue weighted by molar-refractivity contribution is -0.122. The number of carbonyl (C=O) groups is 1. The number of halogens is 1. The molecule has 0 aliphatic carbocycles. The van der Waals surface area contributed by atoms with Crippen LogP contribution in [-0.4, -0.2) is 31.3 Å². The smallest absolute Gasteiger partial charge is 0.265 e. The first-order valence-corrected chi connectivity index (χ1v) is 9.05. The van der Waals surface area contributed by atoms with Gasteiger partial charge in [0.25, 0.3) is 5.91 Å². The monoisotopic (exact) mass is 375 g/mol. The van der Waals surface area contributed by atoms with E-state index in [0.29, 0.717) is 23.1 Å². The van der Waals surface area contributed by atoms with Gasteiger partial charge in [0.2, 0.25) is 0 Å². The molecule has 1 heterocycles. The van der Waals surface area contributed by atoms with Crippen molar-refractivity contribution in [3.63, 3.8) is 0 Å². The highest BCUT2D eigenvalue weighted by molar-refractivity contribution is 6.30. The average Bonchev–Trinajstić information content (AvgIpc) is 3.16. The van der Waals surface area contributed by atoms with Crippen LogP contribution in [0.3, 0.4) is 0 Å². The summed E-state index contributed by atoms with van der Waals surface area (Å²) in [6, 6.07) is 14.2. The van der Waals surface area contributed by atoms with Gasteiger partial charge in [0, 0.05) is 17.3 Å². The van der Waals surface area contributed by atoms with Crippen LogP contribution in [0.1, 0.15) is 19.8 Å². The van der Waals surface area contributed by atoms with Crippen LogP contribution in [0, 0.1) is 0 Å². The van der Waals surface area contributed by atoms with E-state index in [9.17, 15) is 4.79 Å². The van der Waals surface area contributed by atoms with Crippen LogP contribution in [-0.2, 0) is 9.53 Å². The summed E-state index contributed by atoms with van der Waals surface area (Å²) in [5, 5.41) is 3.45. The van der Waals surface area contributed by atoms with Crippen LogP contribution < -0.4 is 14.8 Å². The summed E-state index contributed by atoms with van der Waals surface area (Å²) < 4.78 is 16.9. The fraction of sp³-hybridized carbons (Fsp3) is 0.350. The molecule has 0 radical (unpaired) electrons. The zero-order valence-electron chi connectivity index (χ0n) is 14.6. The minimum atomic E-state index is -0.633. The molecule has 1 fully saturated rings. The molecule has 5 nitrogen and oxygen atoms in total. The quantitative estimate of drug-likeness (QED) is 0.783. The van der Waals surface area contributed by atoms with Crippen molar-refractivity contribution in [3.05, 3.63) is 53.6 Å². The largest absolute Gasteiger partial charge is 0.491 e. The van der Waals surface area contributed by atoms with Gasteiger partial charge in [-0.25, -0.2) is 0 Å². The lowest BCUT2D eigenvalue weighted by Crippen LogP contribution is -2.30. The number of ether oxygens (including phenoxy) is 3. The molecule has 0 saturated carbocycles. The molecule has 1 aliphatic rings. The summed E-state index contributed by atoms with van der Waals surface area (Å²) in [6.07, 6.45) is 1.68. The average molecular weight is 376 g/mol. The zero-order valence-corrected chi connectivity index (χ0v) is 15.4. The van der Waals surface area contributed by atoms with Crippen molar-refractivity contribution < 1.29 is 19.0 Å². The van der Waals surface area contributed by atoms with Crippen LogP contribution in [0.4, 0.5) is 5.69 Å². The van der Waals surface area contributed by atoms with Gasteiger partial charge >= 0.3 is 0 Å². The number of nitrogens with one attached hydrogen (secondary N) is 1. The second kappa shape index (κ2) is 8.92. The number of rotatable bonds is 7. The number of anilines is 1. The van der Waals surface area contributed by atoms with E-state index in [0.717, 1.165) is 25.2 Å². The third-order valence-electron chi connectivity index (χ3n) is 4.08. The Morgan fingerprint density at radius 1 is 1.19 bits per heavy atom. The summed E-state index contributed by atoms with van der Waals surface area (Å²) in [7, 11) is 0. The summed E-state index contributed by atoms with van der Waals surface area (Å²) in [4.78, 5) is 12.3. The van der Waals surface area contributed by atoms with E-state index >= 15 is 0 Å². The molecule has 1 N–H and O–H groups in total. The molecule has 1 aliphatic heterocycles. The number of hydrogen-bond acceptors (Lipinski definition) is 4. The Bertz CT molecular complexity index is 712. The van der Waals surface area contributed by atoms with Gasteiger partial charge < -0.3 is 19.5 Å². The summed E-state index contributed by atoms with van der Waals surface area (Å²) in [5.74, 6) is 1.12. The molecule has 6 heteroatoms. The number of amides is 1. The van der Waals surface area contributed by atoms with Crippen molar-refractivity contribution in [2.24, 2.45) is 0 Å². The standard InChI is InChI=1S/C20H22ClNO4/c1-14(26-18-8-4-15(21)5-9-18)20(23)22-16-6-10-17(11-7-16)25-13-19-3-2-12-24-19/h4-11,14,19H,2-3,12-13H2,1H3,(H,22,23). The normalized spacial score (nSPS) is 17.5. The molecule has 2 aromatic carbocycles. The molecule has 0 spiro atoms. The first kappa shape index (κ1) is 18.5. The van der Waals surface area contributed by atoms with Crippen LogP contribution >= 0.6 is 11.6 Å². The molecule has 0 bridgehead atoms. The van der Waals surface area contributed by atoms with E-state index in [4.69, 9.17) is 25.8 Å². The van der Waals surface area contributed by atoms with Crippen molar-refractivity contribution in [1.29, 1.82) is 0 Å². The Balaban J connectivity index is 1.47. The van der Waals surface area contributed by atoms with E-state index in [1.165, 1.54) is 0 Å². The second-order valence-corrected chi connectivity index (χ2v) is 6.61. The fourth-order valence-corrected chi connectivity index (χ4v) is 2.74. The molecule has 138 valence electrons. The van der Waals surface area contributed by atoms with Gasteiger partial charge in [-0.15, -0.1) is 0 Å². The summed E-state index contributed by atoms with van der Waals surface area (Å²) in [6.45, 7) is 3.07. The van der Waals surface area contributed by atoms with Crippen molar-refractivity contribution in [1.82, 2.24) is 0 Å². The van der Waals surface area contributed by atoms with Crippen molar-refractivity contribution in [2.75, 3.05) is 18.5 Å². The highest BCUT2D eigenvalue weighted by Crippen LogP contribution is 2.20. The van der Waals surface area contributed by atoms with Crippen LogP contribution in [0.2, 0.25) is 5.02 Å². The minimum Gasteiger partial charge on any atom is -0.491 e. The minimum absolute atomic E-state index is 0.181. The molecule has 1 saturated heterocycles. The van der Waals surface area contributed by atoms with E-state index in [1.54, 1.807) is 43.3 Å². The Labute approximate surface area is 158 Å². The molecule has 1 amide bonds. The van der Waals surface area contributed by atoms with E-state index in [-0.39, 0.29) is 12.0 Å². The Hall–Kier alpha value is -2.24. The lowest BCUT2D eigenvalue weighted by Gasteiger charge is -2.15. The third kappa shape index (κ3) is 5.38. The molecular weight excluding hydrogens is 354 g/mol. The van der Waals surface area contributed by atoms with Gasteiger partial charge in [0.15, 0.2) is 6.10 Å². The Kier molecular flexibility index (Phi) is 6.36. The topological polar surface area (TPSA) is 56.8 Å². The first-order valence-electron chi connectivity index (χ1n) is 8.68. The van der Waals surface area contributed by atoms with Gasteiger partial charge in [-0.3, -0.25) is 4.79 Å². The van der Waals surface area contributed by atoms with Crippen LogP contribution in [0.25, 0.3) is 0 Å². The molecule has 26 heavy (non-hydrogen) atoms. The molecule has 2 aromatic rings. The second-order valence-electron chi connectivity index (χ2n) is 6.17. The zero-order chi connectivity index (χ0) is 18.4. The predicted molar refractivity (Wildman–Crippen MR) is 101 cm³/mol. The molecule has 0 aromatic heterocycles. The Morgan fingerprint density at radius 2 is 1.88 bits per heavy atom. The van der Waals surface area contributed by atoms with Gasteiger partial charge in [-0.2, -0.15) is 0 Å². The van der Waals surface area contributed by atoms with E-state index in [1.807, 2.05) is 12.1 Å². The summed E-state index contributed by atoms with van der Waals surface area (Å²) in [5.41, 5.74) is 0.686. The maximum atomic E-state index is 12.3. The van der Waals surface area contributed by atoms with Crippen molar-refractivity contribution in [3.8, 4) is 11.5 Å². The maximum absolute atomic E-state index is 12.3. The van der Waals surface area contributed by atoms with Crippen molar-refractivity contribution in [2.45, 2.75) is 32.0 Å². The highest BCUT2D eigenvalue weighted by Gasteiger charge is 2.17. The van der Waals surface area contributed by atoms with Crippen LogP contribution in [0.5, 0.6) is 11.5 Å². The lowest BCUT2D eigenvalue weighted by atomic mass is 10.2. The Morgan fingerprint density at radius 3 is 2.54 bits per heavy atom. The fourth-order valence-electron chi connectivity index (χ4n) is 2.61. The van der Waals surface area contributed by atoms with Crippen LogP contribution in [0.15, 0.2) is 48.5 Å². The van der Waals surface area contributed by atoms with Gasteiger partial charge in [0.1, 0.15) is 18.1 Å². The highest BCUT2D eigenvalue weighted by atomic mass is 35.5. The molecular formula is C20H22ClNO4. The first-order chi connectivity index (χ1) is 12.6. The molecule has 3 rings (SSSR count). The SMILES string of the molecule is CC(Oc1ccc(Cl)cc1)C(=O)Nc1ccc(OCC2CCCO2)cc1. The van der Waals surface area contributed by atoms with Gasteiger partial charge in [0.05, 0.1) is 6.10 Å². The molecule has 2 unspecified atom stereocenters. The third-order valence-corrected chi connectivity index (χ3v) is 4.33. The maximum Gasteiger partial charge on any atom is 0.265 e. The summed E-state index contributed by atoms with van der Waals surface area (Å²) >= 11 is 5.84. The number of benzene rings is 2. The van der Waals surface area contributed by atoms with Gasteiger partial charge in [-0.1, -0.05) is 11.6 Å². The predicted octanol–water partition coefficient (Wildman–Crippen LogP) is 4.30.